The maximum absolute atomic E-state index is 10.4. The summed E-state index contributed by atoms with van der Waals surface area (Å²) in [6, 6.07) is 15.2. The highest BCUT2D eigenvalue weighted by Crippen LogP contribution is 2.12. The second kappa shape index (κ2) is 12.9. The third kappa shape index (κ3) is 7.68. The highest BCUT2D eigenvalue weighted by molar-refractivity contribution is 14.0. The van der Waals surface area contributed by atoms with Gasteiger partial charge in [0.05, 0.1) is 26.0 Å². The molecule has 1 aromatic carbocycles. The number of rotatable bonds is 9. The van der Waals surface area contributed by atoms with Crippen molar-refractivity contribution in [3.63, 3.8) is 0 Å². The van der Waals surface area contributed by atoms with Crippen LogP contribution in [0.15, 0.2) is 76.6 Å². The zero-order valence-electron chi connectivity index (χ0n) is 16.8. The molecule has 8 heteroatoms. The van der Waals surface area contributed by atoms with Crippen LogP contribution in [0.25, 0.3) is 0 Å². The van der Waals surface area contributed by atoms with Crippen LogP contribution in [0.4, 0.5) is 0 Å². The number of halogens is 1. The van der Waals surface area contributed by atoms with Crippen molar-refractivity contribution in [2.75, 3.05) is 20.2 Å². The number of furan rings is 1. The molecule has 2 aromatic heterocycles. The van der Waals surface area contributed by atoms with Gasteiger partial charge in [-0.25, -0.2) is 4.99 Å². The van der Waals surface area contributed by atoms with Gasteiger partial charge in [0.15, 0.2) is 5.96 Å². The Morgan fingerprint density at radius 2 is 1.90 bits per heavy atom. The van der Waals surface area contributed by atoms with Crippen LogP contribution in [0.3, 0.4) is 0 Å². The lowest BCUT2D eigenvalue weighted by Crippen LogP contribution is -2.40. The lowest BCUT2D eigenvalue weighted by molar-refractivity contribution is 0.180. The van der Waals surface area contributed by atoms with E-state index in [9.17, 15) is 5.11 Å². The van der Waals surface area contributed by atoms with E-state index in [4.69, 9.17) is 9.15 Å². The molecule has 0 saturated heterocycles. The van der Waals surface area contributed by atoms with Gasteiger partial charge < -0.3 is 24.9 Å². The van der Waals surface area contributed by atoms with Crippen molar-refractivity contribution in [3.8, 4) is 5.75 Å². The number of nitrogens with zero attached hydrogens (tertiary/aromatic N) is 2. The summed E-state index contributed by atoms with van der Waals surface area (Å²) in [5, 5.41) is 16.9. The number of pyridine rings is 1. The first kappa shape index (κ1) is 23.7. The first-order chi connectivity index (χ1) is 14.2. The van der Waals surface area contributed by atoms with Gasteiger partial charge in [0.1, 0.15) is 11.5 Å². The molecule has 2 heterocycles. The standard InChI is InChI=1S/C22H26N4O3.HI/c1-28-19-6-4-17(5-7-19)15-25-22(24-13-10-20-3-2-14-29-20)26-16-21(27)18-8-11-23-12-9-18;/h2-9,11-12,14,21,27H,10,13,15-16H2,1H3,(H2,24,25,26);1H. The van der Waals surface area contributed by atoms with E-state index < -0.39 is 6.10 Å². The van der Waals surface area contributed by atoms with E-state index in [0.717, 1.165) is 29.1 Å². The maximum atomic E-state index is 10.4. The minimum Gasteiger partial charge on any atom is -0.497 e. The molecular formula is C22H27IN4O3. The fraction of sp³-hybridized carbons (Fsp3) is 0.273. The predicted molar refractivity (Wildman–Crippen MR) is 127 cm³/mol. The van der Waals surface area contributed by atoms with Crippen molar-refractivity contribution in [3.05, 3.63) is 84.1 Å². The van der Waals surface area contributed by atoms with Gasteiger partial charge in [0, 0.05) is 31.9 Å². The molecule has 1 atom stereocenters. The summed E-state index contributed by atoms with van der Waals surface area (Å²) in [7, 11) is 1.65. The first-order valence-electron chi connectivity index (χ1n) is 9.50. The Hall–Kier alpha value is -2.59. The summed E-state index contributed by atoms with van der Waals surface area (Å²) >= 11 is 0. The van der Waals surface area contributed by atoms with Crippen LogP contribution >= 0.6 is 24.0 Å². The van der Waals surface area contributed by atoms with E-state index in [1.54, 1.807) is 37.9 Å². The second-order valence-electron chi connectivity index (χ2n) is 6.45. The van der Waals surface area contributed by atoms with Gasteiger partial charge in [-0.3, -0.25) is 4.98 Å². The molecule has 0 bridgehead atoms. The quantitative estimate of drug-likeness (QED) is 0.227. The molecule has 1 unspecified atom stereocenters. The average molecular weight is 522 g/mol. The lowest BCUT2D eigenvalue weighted by Gasteiger charge is -2.16. The number of guanidine groups is 1. The number of methoxy groups -OCH3 is 1. The average Bonchev–Trinajstić information content (AvgIpc) is 3.29. The third-order valence-electron chi connectivity index (χ3n) is 4.38. The fourth-order valence-electron chi connectivity index (χ4n) is 2.73. The van der Waals surface area contributed by atoms with Gasteiger partial charge in [0.2, 0.25) is 0 Å². The Labute approximate surface area is 193 Å². The topological polar surface area (TPSA) is 91.9 Å². The second-order valence-corrected chi connectivity index (χ2v) is 6.45. The van der Waals surface area contributed by atoms with E-state index in [2.05, 4.69) is 20.6 Å². The van der Waals surface area contributed by atoms with Gasteiger partial charge in [-0.05, 0) is 47.5 Å². The van der Waals surface area contributed by atoms with Crippen molar-refractivity contribution in [2.45, 2.75) is 19.1 Å². The van der Waals surface area contributed by atoms with Crippen LogP contribution in [0, 0.1) is 0 Å². The molecule has 7 nitrogen and oxygen atoms in total. The van der Waals surface area contributed by atoms with E-state index in [1.807, 2.05) is 36.4 Å². The van der Waals surface area contributed by atoms with Crippen LogP contribution < -0.4 is 15.4 Å². The molecule has 0 aliphatic carbocycles. The number of aliphatic imine (C=N–C) groups is 1. The Morgan fingerprint density at radius 1 is 1.13 bits per heavy atom. The Bertz CT molecular complexity index is 871. The summed E-state index contributed by atoms with van der Waals surface area (Å²) in [6.45, 7) is 1.50. The number of hydrogen-bond donors (Lipinski definition) is 3. The number of benzene rings is 1. The number of aromatic nitrogens is 1. The van der Waals surface area contributed by atoms with Crippen LogP contribution in [0.1, 0.15) is 23.0 Å². The largest absolute Gasteiger partial charge is 0.497 e. The fourth-order valence-corrected chi connectivity index (χ4v) is 2.73. The van der Waals surface area contributed by atoms with Crippen molar-refractivity contribution in [1.29, 1.82) is 0 Å². The summed E-state index contributed by atoms with van der Waals surface area (Å²) < 4.78 is 10.6. The molecule has 3 aromatic rings. The molecule has 0 aliphatic rings. The molecule has 0 amide bonds. The van der Waals surface area contributed by atoms with Crippen molar-refractivity contribution >= 4 is 29.9 Å². The summed E-state index contributed by atoms with van der Waals surface area (Å²) in [4.78, 5) is 8.61. The van der Waals surface area contributed by atoms with Crippen molar-refractivity contribution < 1.29 is 14.3 Å². The number of hydrogen-bond acceptors (Lipinski definition) is 5. The van der Waals surface area contributed by atoms with E-state index in [0.29, 0.717) is 25.6 Å². The summed E-state index contributed by atoms with van der Waals surface area (Å²) in [6.07, 6.45) is 5.08. The molecule has 3 rings (SSSR count). The molecule has 0 fully saturated rings. The zero-order chi connectivity index (χ0) is 20.3. The van der Waals surface area contributed by atoms with E-state index >= 15 is 0 Å². The van der Waals surface area contributed by atoms with Gasteiger partial charge >= 0.3 is 0 Å². The molecule has 0 radical (unpaired) electrons. The Morgan fingerprint density at radius 3 is 2.57 bits per heavy atom. The molecule has 0 spiro atoms. The van der Waals surface area contributed by atoms with Crippen LogP contribution in [0.5, 0.6) is 5.75 Å². The maximum Gasteiger partial charge on any atom is 0.191 e. The van der Waals surface area contributed by atoms with Crippen LogP contribution in [-0.4, -0.2) is 36.2 Å². The Kier molecular flexibility index (Phi) is 10.2. The first-order valence-corrected chi connectivity index (χ1v) is 9.50. The Balaban J connectivity index is 0.00000320. The summed E-state index contributed by atoms with van der Waals surface area (Å²) in [5.74, 6) is 2.34. The van der Waals surface area contributed by atoms with Crippen molar-refractivity contribution in [2.24, 2.45) is 4.99 Å². The number of nitrogens with one attached hydrogen (secondary N) is 2. The number of aliphatic hydroxyl groups excluding tert-OH is 1. The zero-order valence-corrected chi connectivity index (χ0v) is 19.2. The van der Waals surface area contributed by atoms with Crippen LogP contribution in [0.2, 0.25) is 0 Å². The highest BCUT2D eigenvalue weighted by atomic mass is 127. The molecule has 3 N–H and O–H groups in total. The van der Waals surface area contributed by atoms with Gasteiger partial charge in [-0.15, -0.1) is 24.0 Å². The molecule has 160 valence electrons. The smallest absolute Gasteiger partial charge is 0.191 e. The van der Waals surface area contributed by atoms with Gasteiger partial charge in [0.25, 0.3) is 0 Å². The molecule has 30 heavy (non-hydrogen) atoms. The SMILES string of the molecule is COc1ccc(CN=C(NCCc2ccco2)NCC(O)c2ccncc2)cc1.I. The monoisotopic (exact) mass is 522 g/mol. The minimum absolute atomic E-state index is 0. The summed E-state index contributed by atoms with van der Waals surface area (Å²) in [5.41, 5.74) is 1.87. The molecular weight excluding hydrogens is 495 g/mol. The molecule has 0 saturated carbocycles. The third-order valence-corrected chi connectivity index (χ3v) is 4.38. The number of ether oxygens (including phenoxy) is 1. The normalized spacial score (nSPS) is 12.0. The molecule has 0 aliphatic heterocycles. The van der Waals surface area contributed by atoms with Crippen molar-refractivity contribution in [1.82, 2.24) is 15.6 Å². The van der Waals surface area contributed by atoms with E-state index in [-0.39, 0.29) is 24.0 Å². The van der Waals surface area contributed by atoms with Gasteiger partial charge in [-0.1, -0.05) is 12.1 Å². The van der Waals surface area contributed by atoms with E-state index in [1.165, 1.54) is 0 Å². The lowest BCUT2D eigenvalue weighted by atomic mass is 10.1. The number of aliphatic hydroxyl groups is 1. The predicted octanol–water partition coefficient (Wildman–Crippen LogP) is 3.31. The van der Waals surface area contributed by atoms with Gasteiger partial charge in [-0.2, -0.15) is 0 Å². The highest BCUT2D eigenvalue weighted by Gasteiger charge is 2.08. The van der Waals surface area contributed by atoms with Crippen LogP contribution in [-0.2, 0) is 13.0 Å². The minimum atomic E-state index is -0.656.